The fraction of sp³-hybridized carbons (Fsp3) is 0.588. The fourth-order valence-corrected chi connectivity index (χ4v) is 4.56. The number of unbranched alkanes of at least 4 members (excludes halogenated alkanes) is 1. The second kappa shape index (κ2) is 7.81. The smallest absolute Gasteiger partial charge is 0.254 e. The molecule has 1 aliphatic rings. The van der Waals surface area contributed by atoms with Gasteiger partial charge in [-0.3, -0.25) is 4.79 Å². The minimum Gasteiger partial charge on any atom is -0.494 e. The van der Waals surface area contributed by atoms with Gasteiger partial charge in [0.2, 0.25) is 0 Å². The lowest BCUT2D eigenvalue weighted by Crippen LogP contribution is -2.41. The molecule has 0 spiro atoms. The molecule has 0 bridgehead atoms. The molecule has 128 valence electrons. The minimum absolute atomic E-state index is 0.0828. The summed E-state index contributed by atoms with van der Waals surface area (Å²) in [5, 5.41) is 0. The summed E-state index contributed by atoms with van der Waals surface area (Å²) < 4.78 is 28.9. The van der Waals surface area contributed by atoms with E-state index in [1.807, 2.05) is 6.92 Å². The van der Waals surface area contributed by atoms with E-state index in [9.17, 15) is 13.2 Å². The monoisotopic (exact) mass is 339 g/mol. The molecule has 0 aromatic heterocycles. The highest BCUT2D eigenvalue weighted by Gasteiger charge is 2.34. The largest absolute Gasteiger partial charge is 0.494 e. The van der Waals surface area contributed by atoms with Crippen LogP contribution in [0.2, 0.25) is 0 Å². The Balaban J connectivity index is 2.15. The number of amides is 1. The first-order chi connectivity index (χ1) is 11.0. The Morgan fingerprint density at radius 3 is 2.48 bits per heavy atom. The van der Waals surface area contributed by atoms with Gasteiger partial charge in [-0.05, 0) is 44.0 Å². The molecule has 1 aromatic rings. The zero-order valence-electron chi connectivity index (χ0n) is 13.8. The van der Waals surface area contributed by atoms with Crippen molar-refractivity contribution in [2.24, 2.45) is 0 Å². The molecule has 1 amide bonds. The SMILES string of the molecule is CCCCN(C(=O)c1ccc(OCC)cc1)[C@@H]1CCS(=O)(=O)C1. The minimum atomic E-state index is -3.01. The van der Waals surface area contributed by atoms with Crippen molar-refractivity contribution in [2.75, 3.05) is 24.7 Å². The second-order valence-corrected chi connectivity index (χ2v) is 8.10. The third kappa shape index (κ3) is 4.70. The van der Waals surface area contributed by atoms with Gasteiger partial charge in [-0.1, -0.05) is 13.3 Å². The van der Waals surface area contributed by atoms with Crippen LogP contribution in [-0.2, 0) is 9.84 Å². The van der Waals surface area contributed by atoms with Crippen LogP contribution in [-0.4, -0.2) is 49.9 Å². The molecule has 1 fully saturated rings. The van der Waals surface area contributed by atoms with Gasteiger partial charge in [-0.15, -0.1) is 0 Å². The van der Waals surface area contributed by atoms with Gasteiger partial charge in [-0.25, -0.2) is 8.42 Å². The third-order valence-electron chi connectivity index (χ3n) is 4.07. The van der Waals surface area contributed by atoms with Crippen LogP contribution in [0.15, 0.2) is 24.3 Å². The molecule has 1 atom stereocenters. The molecule has 1 heterocycles. The highest BCUT2D eigenvalue weighted by Crippen LogP contribution is 2.21. The quantitative estimate of drug-likeness (QED) is 0.766. The third-order valence-corrected chi connectivity index (χ3v) is 5.83. The van der Waals surface area contributed by atoms with E-state index in [0.717, 1.165) is 18.6 Å². The summed E-state index contributed by atoms with van der Waals surface area (Å²) in [4.78, 5) is 14.5. The summed E-state index contributed by atoms with van der Waals surface area (Å²) in [5.74, 6) is 0.896. The maximum absolute atomic E-state index is 12.8. The molecule has 1 aromatic carbocycles. The predicted molar refractivity (Wildman–Crippen MR) is 90.6 cm³/mol. The van der Waals surface area contributed by atoms with E-state index in [1.165, 1.54) is 0 Å². The molecule has 0 saturated carbocycles. The van der Waals surface area contributed by atoms with Crippen LogP contribution in [0, 0.1) is 0 Å². The van der Waals surface area contributed by atoms with Crippen LogP contribution >= 0.6 is 0 Å². The van der Waals surface area contributed by atoms with E-state index < -0.39 is 9.84 Å². The maximum atomic E-state index is 12.8. The Labute approximate surface area is 138 Å². The molecule has 0 radical (unpaired) electrons. The van der Waals surface area contributed by atoms with Crippen molar-refractivity contribution in [1.82, 2.24) is 4.90 Å². The number of benzene rings is 1. The maximum Gasteiger partial charge on any atom is 0.254 e. The van der Waals surface area contributed by atoms with Crippen molar-refractivity contribution in [3.05, 3.63) is 29.8 Å². The number of hydrogen-bond acceptors (Lipinski definition) is 4. The Bertz CT molecular complexity index is 624. The van der Waals surface area contributed by atoms with Crippen LogP contribution in [0.4, 0.5) is 0 Å². The molecule has 0 aliphatic carbocycles. The fourth-order valence-electron chi connectivity index (χ4n) is 2.83. The van der Waals surface area contributed by atoms with Crippen molar-refractivity contribution in [2.45, 2.75) is 39.2 Å². The highest BCUT2D eigenvalue weighted by molar-refractivity contribution is 7.91. The van der Waals surface area contributed by atoms with E-state index in [1.54, 1.807) is 29.2 Å². The molecule has 0 unspecified atom stereocenters. The molecular weight excluding hydrogens is 314 g/mol. The predicted octanol–water partition coefficient (Wildman–Crippen LogP) is 2.51. The number of ether oxygens (including phenoxy) is 1. The Morgan fingerprint density at radius 1 is 1.26 bits per heavy atom. The van der Waals surface area contributed by atoms with Crippen LogP contribution < -0.4 is 4.74 Å². The number of nitrogens with zero attached hydrogens (tertiary/aromatic N) is 1. The summed E-state index contributed by atoms with van der Waals surface area (Å²) in [6, 6.07) is 6.84. The summed E-state index contributed by atoms with van der Waals surface area (Å²) in [6.45, 7) is 5.15. The normalized spacial score (nSPS) is 19.5. The van der Waals surface area contributed by atoms with Crippen molar-refractivity contribution in [1.29, 1.82) is 0 Å². The number of carbonyl (C=O) groups excluding carboxylic acids is 1. The summed E-state index contributed by atoms with van der Waals surface area (Å²) in [5.41, 5.74) is 0.578. The molecule has 1 aliphatic heterocycles. The Morgan fingerprint density at radius 2 is 1.96 bits per heavy atom. The number of rotatable bonds is 7. The lowest BCUT2D eigenvalue weighted by molar-refractivity contribution is 0.0694. The van der Waals surface area contributed by atoms with Gasteiger partial charge in [0.25, 0.3) is 5.91 Å². The van der Waals surface area contributed by atoms with Gasteiger partial charge in [-0.2, -0.15) is 0 Å². The average molecular weight is 339 g/mol. The van der Waals surface area contributed by atoms with Gasteiger partial charge in [0.1, 0.15) is 5.75 Å². The second-order valence-electron chi connectivity index (χ2n) is 5.87. The van der Waals surface area contributed by atoms with Crippen molar-refractivity contribution in [3.63, 3.8) is 0 Å². The Hall–Kier alpha value is -1.56. The van der Waals surface area contributed by atoms with E-state index in [0.29, 0.717) is 25.1 Å². The summed E-state index contributed by atoms with van der Waals surface area (Å²) >= 11 is 0. The van der Waals surface area contributed by atoms with Crippen molar-refractivity contribution in [3.8, 4) is 5.75 Å². The standard InChI is InChI=1S/C17H25NO4S/c1-3-5-11-18(15-10-12-23(20,21)13-15)17(19)14-6-8-16(9-7-14)22-4-2/h6-9,15H,3-5,10-13H2,1-2H3/t15-/m1/s1. The lowest BCUT2D eigenvalue weighted by atomic mass is 10.1. The molecule has 1 saturated heterocycles. The molecule has 6 heteroatoms. The Kier molecular flexibility index (Phi) is 6.04. The first-order valence-corrected chi connectivity index (χ1v) is 10.0. The average Bonchev–Trinajstić information content (AvgIpc) is 2.88. The van der Waals surface area contributed by atoms with Gasteiger partial charge >= 0.3 is 0 Å². The molecule has 2 rings (SSSR count). The van der Waals surface area contributed by atoms with Crippen LogP contribution in [0.5, 0.6) is 5.75 Å². The molecule has 23 heavy (non-hydrogen) atoms. The van der Waals surface area contributed by atoms with E-state index >= 15 is 0 Å². The first kappa shape index (κ1) is 17.8. The first-order valence-electron chi connectivity index (χ1n) is 8.21. The van der Waals surface area contributed by atoms with Gasteiger partial charge < -0.3 is 9.64 Å². The topological polar surface area (TPSA) is 63.7 Å². The van der Waals surface area contributed by atoms with E-state index in [2.05, 4.69) is 6.92 Å². The number of hydrogen-bond donors (Lipinski definition) is 0. The van der Waals surface area contributed by atoms with Gasteiger partial charge in [0, 0.05) is 18.2 Å². The molecule has 0 N–H and O–H groups in total. The molecule has 5 nitrogen and oxygen atoms in total. The molecular formula is C17H25NO4S. The zero-order chi connectivity index (χ0) is 16.9. The summed E-state index contributed by atoms with van der Waals surface area (Å²) in [6.07, 6.45) is 2.38. The van der Waals surface area contributed by atoms with Crippen LogP contribution in [0.3, 0.4) is 0 Å². The van der Waals surface area contributed by atoms with Gasteiger partial charge in [0.05, 0.1) is 18.1 Å². The van der Waals surface area contributed by atoms with Crippen LogP contribution in [0.25, 0.3) is 0 Å². The lowest BCUT2D eigenvalue weighted by Gasteiger charge is -2.28. The number of carbonyl (C=O) groups is 1. The number of sulfone groups is 1. The van der Waals surface area contributed by atoms with Crippen molar-refractivity contribution >= 4 is 15.7 Å². The summed E-state index contributed by atoms with van der Waals surface area (Å²) in [7, 11) is -3.01. The highest BCUT2D eigenvalue weighted by atomic mass is 32.2. The van der Waals surface area contributed by atoms with Crippen molar-refractivity contribution < 1.29 is 17.9 Å². The van der Waals surface area contributed by atoms with Gasteiger partial charge in [0.15, 0.2) is 9.84 Å². The van der Waals surface area contributed by atoms with E-state index in [4.69, 9.17) is 4.74 Å². The van der Waals surface area contributed by atoms with Crippen LogP contribution in [0.1, 0.15) is 43.5 Å². The zero-order valence-corrected chi connectivity index (χ0v) is 14.6. The van der Waals surface area contributed by atoms with E-state index in [-0.39, 0.29) is 23.5 Å².